The van der Waals surface area contributed by atoms with E-state index in [2.05, 4.69) is 10.6 Å². The van der Waals surface area contributed by atoms with Crippen LogP contribution in [0.1, 0.15) is 26.7 Å². The summed E-state index contributed by atoms with van der Waals surface area (Å²) < 4.78 is 37.6. The highest BCUT2D eigenvalue weighted by Gasteiger charge is 2.28. The summed E-state index contributed by atoms with van der Waals surface area (Å²) in [6.45, 7) is 2.40. The number of alkyl halides is 3. The number of nitrogens with one attached hydrogen (secondary N) is 2. The molecule has 0 saturated heterocycles. The zero-order valence-corrected chi connectivity index (χ0v) is 13.6. The molecular weight excluding hydrogens is 327 g/mol. The van der Waals surface area contributed by atoms with Crippen LogP contribution in [0.2, 0.25) is 0 Å². The minimum absolute atomic E-state index is 0.0121. The van der Waals surface area contributed by atoms with Crippen LogP contribution >= 0.6 is 0 Å². The van der Waals surface area contributed by atoms with E-state index in [1.54, 1.807) is 0 Å². The van der Waals surface area contributed by atoms with Gasteiger partial charge in [0, 0.05) is 12.7 Å². The van der Waals surface area contributed by atoms with Gasteiger partial charge in [0.1, 0.15) is 12.2 Å². The van der Waals surface area contributed by atoms with E-state index in [-0.39, 0.29) is 18.2 Å². The molecule has 6 nitrogen and oxygen atoms in total. The Morgan fingerprint density at radius 2 is 1.96 bits per heavy atom. The molecule has 0 aliphatic rings. The van der Waals surface area contributed by atoms with Crippen LogP contribution in [0.4, 0.5) is 23.7 Å². The Morgan fingerprint density at radius 3 is 2.50 bits per heavy atom. The fraction of sp³-hybridized carbons (Fsp3) is 0.600. The highest BCUT2D eigenvalue weighted by Crippen LogP contribution is 2.16. The fourth-order valence-electron chi connectivity index (χ4n) is 2.31. The molecule has 2 amide bonds. The first-order valence-corrected chi connectivity index (χ1v) is 7.67. The van der Waals surface area contributed by atoms with Gasteiger partial charge in [-0.05, 0) is 18.1 Å². The maximum Gasteiger partial charge on any atom is 0.406 e. The van der Waals surface area contributed by atoms with E-state index in [0.29, 0.717) is 4.57 Å². The Hall–Kier alpha value is -2.03. The molecule has 0 bridgehead atoms. The van der Waals surface area contributed by atoms with Crippen molar-refractivity contribution in [3.63, 3.8) is 0 Å². The van der Waals surface area contributed by atoms with Crippen molar-refractivity contribution in [2.75, 3.05) is 11.9 Å². The monoisotopic (exact) mass is 349 g/mol. The van der Waals surface area contributed by atoms with Gasteiger partial charge in [0.25, 0.3) is 5.56 Å². The Labute approximate surface area is 137 Å². The van der Waals surface area contributed by atoms with Crippen molar-refractivity contribution >= 4 is 11.7 Å². The normalized spacial score (nSPS) is 13.0. The molecule has 1 rings (SSSR count). The third kappa shape index (κ3) is 6.23. The predicted molar refractivity (Wildman–Crippen MR) is 83.9 cm³/mol. The number of hydrogen-bond acceptors (Lipinski definition) is 3. The molecule has 24 heavy (non-hydrogen) atoms. The third-order valence-electron chi connectivity index (χ3n) is 3.68. The number of rotatable bonds is 7. The molecule has 0 spiro atoms. The van der Waals surface area contributed by atoms with Gasteiger partial charge in [0.05, 0.1) is 6.10 Å². The molecule has 0 aromatic carbocycles. The lowest BCUT2D eigenvalue weighted by atomic mass is 9.97. The molecule has 1 aromatic rings. The summed E-state index contributed by atoms with van der Waals surface area (Å²) in [5, 5.41) is 14.5. The van der Waals surface area contributed by atoms with Gasteiger partial charge >= 0.3 is 12.2 Å². The molecule has 3 N–H and O–H groups in total. The zero-order valence-electron chi connectivity index (χ0n) is 13.6. The van der Waals surface area contributed by atoms with E-state index in [1.807, 2.05) is 13.8 Å². The van der Waals surface area contributed by atoms with Gasteiger partial charge in [-0.3, -0.25) is 4.79 Å². The predicted octanol–water partition coefficient (Wildman–Crippen LogP) is 2.33. The van der Waals surface area contributed by atoms with Gasteiger partial charge in [-0.2, -0.15) is 13.2 Å². The van der Waals surface area contributed by atoms with Gasteiger partial charge in [0.15, 0.2) is 0 Å². The molecule has 0 saturated carbocycles. The maximum atomic E-state index is 12.4. The van der Waals surface area contributed by atoms with Crippen LogP contribution in [0.5, 0.6) is 0 Å². The lowest BCUT2D eigenvalue weighted by Crippen LogP contribution is -2.39. The number of amides is 2. The van der Waals surface area contributed by atoms with E-state index >= 15 is 0 Å². The molecular formula is C15H22F3N3O3. The van der Waals surface area contributed by atoms with Crippen molar-refractivity contribution in [2.45, 2.75) is 45.5 Å². The summed E-state index contributed by atoms with van der Waals surface area (Å²) in [6, 6.07) is 1.69. The lowest BCUT2D eigenvalue weighted by Gasteiger charge is -2.20. The summed E-state index contributed by atoms with van der Waals surface area (Å²) >= 11 is 0. The minimum Gasteiger partial charge on any atom is -0.391 e. The van der Waals surface area contributed by atoms with Crippen molar-refractivity contribution in [3.8, 4) is 0 Å². The van der Waals surface area contributed by atoms with Crippen LogP contribution in [0, 0.1) is 5.92 Å². The standard InChI is InChI=1S/C15H22F3N3O3/c1-3-10(4-2)12(22)8-19-14(24)20-11-6-5-7-21(13(11)23)9-15(16,17)18/h5-7,10,12,22H,3-4,8-9H2,1-2H3,(H2,19,20,24). The van der Waals surface area contributed by atoms with E-state index < -0.39 is 30.4 Å². The summed E-state index contributed by atoms with van der Waals surface area (Å²) in [7, 11) is 0. The summed E-state index contributed by atoms with van der Waals surface area (Å²) in [4.78, 5) is 23.7. The molecule has 0 aliphatic heterocycles. The third-order valence-corrected chi connectivity index (χ3v) is 3.68. The number of urea groups is 1. The molecule has 1 atom stereocenters. The van der Waals surface area contributed by atoms with Crippen LogP contribution in [0.3, 0.4) is 0 Å². The number of halogens is 3. The van der Waals surface area contributed by atoms with Gasteiger partial charge in [0.2, 0.25) is 0 Å². The average molecular weight is 349 g/mol. The molecule has 1 aromatic heterocycles. The van der Waals surface area contributed by atoms with Gasteiger partial charge in [-0.25, -0.2) is 4.79 Å². The number of aliphatic hydroxyl groups excluding tert-OH is 1. The van der Waals surface area contributed by atoms with Crippen molar-refractivity contribution in [1.82, 2.24) is 9.88 Å². The summed E-state index contributed by atoms with van der Waals surface area (Å²) in [5.74, 6) is 0.0334. The van der Waals surface area contributed by atoms with Crippen molar-refractivity contribution in [1.29, 1.82) is 0 Å². The average Bonchev–Trinajstić information content (AvgIpc) is 2.49. The van der Waals surface area contributed by atoms with Crippen LogP contribution < -0.4 is 16.2 Å². The Balaban J connectivity index is 2.68. The number of anilines is 1. The molecule has 1 unspecified atom stereocenters. The van der Waals surface area contributed by atoms with Crippen molar-refractivity contribution < 1.29 is 23.1 Å². The Bertz CT molecular complexity index is 598. The van der Waals surface area contributed by atoms with Crippen LogP contribution in [0.25, 0.3) is 0 Å². The molecule has 9 heteroatoms. The molecule has 0 fully saturated rings. The van der Waals surface area contributed by atoms with Crippen molar-refractivity contribution in [3.05, 3.63) is 28.7 Å². The van der Waals surface area contributed by atoms with Gasteiger partial charge in [-0.15, -0.1) is 0 Å². The second-order valence-electron chi connectivity index (χ2n) is 5.45. The maximum absolute atomic E-state index is 12.4. The number of pyridine rings is 1. The minimum atomic E-state index is -4.54. The molecule has 0 aliphatic carbocycles. The van der Waals surface area contributed by atoms with Crippen LogP contribution in [-0.4, -0.2) is 34.5 Å². The second-order valence-corrected chi connectivity index (χ2v) is 5.45. The number of aromatic nitrogens is 1. The van der Waals surface area contributed by atoms with E-state index in [0.717, 1.165) is 19.0 Å². The van der Waals surface area contributed by atoms with Gasteiger partial charge in [-0.1, -0.05) is 26.7 Å². The fourth-order valence-corrected chi connectivity index (χ4v) is 2.31. The van der Waals surface area contributed by atoms with Gasteiger partial charge < -0.3 is 20.3 Å². The Kier molecular flexibility index (Phi) is 7.27. The van der Waals surface area contributed by atoms with E-state index in [9.17, 15) is 27.9 Å². The number of carbonyl (C=O) groups is 1. The second kappa shape index (κ2) is 8.72. The summed E-state index contributed by atoms with van der Waals surface area (Å²) in [6.07, 6.45) is -2.77. The number of carbonyl (C=O) groups excluding carboxylic acids is 1. The molecule has 136 valence electrons. The van der Waals surface area contributed by atoms with Crippen LogP contribution in [0.15, 0.2) is 23.1 Å². The van der Waals surface area contributed by atoms with Crippen molar-refractivity contribution in [2.24, 2.45) is 5.92 Å². The molecule has 0 radical (unpaired) electrons. The lowest BCUT2D eigenvalue weighted by molar-refractivity contribution is -0.141. The number of nitrogens with zero attached hydrogens (tertiary/aromatic N) is 1. The van der Waals surface area contributed by atoms with Crippen LogP contribution in [-0.2, 0) is 6.54 Å². The highest BCUT2D eigenvalue weighted by atomic mass is 19.4. The largest absolute Gasteiger partial charge is 0.406 e. The Morgan fingerprint density at radius 1 is 1.33 bits per heavy atom. The van der Waals surface area contributed by atoms with E-state index in [4.69, 9.17) is 0 Å². The first-order valence-electron chi connectivity index (χ1n) is 7.67. The first kappa shape index (κ1) is 20.0. The highest BCUT2D eigenvalue weighted by molar-refractivity contribution is 5.88. The smallest absolute Gasteiger partial charge is 0.391 e. The first-order chi connectivity index (χ1) is 11.2. The van der Waals surface area contributed by atoms with E-state index in [1.165, 1.54) is 12.1 Å². The molecule has 1 heterocycles. The topological polar surface area (TPSA) is 83.4 Å². The quantitative estimate of drug-likeness (QED) is 0.706. The zero-order chi connectivity index (χ0) is 18.3. The SMILES string of the molecule is CCC(CC)C(O)CNC(=O)Nc1cccn(CC(F)(F)F)c1=O. The number of aliphatic hydroxyl groups is 1. The summed E-state index contributed by atoms with van der Waals surface area (Å²) in [5.41, 5.74) is -1.22. The number of hydrogen-bond donors (Lipinski definition) is 3.